The van der Waals surface area contributed by atoms with Gasteiger partial charge in [-0.2, -0.15) is 0 Å². The van der Waals surface area contributed by atoms with Gasteiger partial charge in [0.15, 0.2) is 0 Å². The zero-order valence-electron chi connectivity index (χ0n) is 13.9. The third-order valence-corrected chi connectivity index (χ3v) is 7.75. The number of aromatic hydroxyl groups is 1. The molecule has 0 saturated carbocycles. The molecule has 26 heavy (non-hydrogen) atoms. The zero-order chi connectivity index (χ0) is 18.3. The topological polar surface area (TPSA) is 86.7 Å². The van der Waals surface area contributed by atoms with Crippen molar-refractivity contribution in [3.63, 3.8) is 0 Å². The lowest BCUT2D eigenvalue weighted by Gasteiger charge is -2.19. The van der Waals surface area contributed by atoms with Crippen LogP contribution < -0.4 is 9.62 Å². The van der Waals surface area contributed by atoms with Gasteiger partial charge in [0.1, 0.15) is 5.75 Å². The van der Waals surface area contributed by atoms with Crippen LogP contribution in [-0.2, 0) is 21.2 Å². The van der Waals surface area contributed by atoms with Crippen LogP contribution in [0.25, 0.3) is 0 Å². The average Bonchev–Trinajstić information content (AvgIpc) is 3.19. The van der Waals surface area contributed by atoms with E-state index < -0.39 is 10.0 Å². The minimum atomic E-state index is -3.32. The number of phenols is 1. The molecule has 1 fully saturated rings. The number of nitrogens with zero attached hydrogens (tertiary/aromatic N) is 1. The van der Waals surface area contributed by atoms with Gasteiger partial charge in [-0.15, -0.1) is 11.8 Å². The third-order valence-electron chi connectivity index (χ3n) is 4.56. The monoisotopic (exact) mass is 390 g/mol. The number of phenolic OH excluding ortho intramolecular Hbond substituents is 1. The first-order valence-corrected chi connectivity index (χ1v) is 10.8. The second-order valence-corrected chi connectivity index (χ2v) is 9.61. The Kier molecular flexibility index (Phi) is 4.32. The number of nitrogens with one attached hydrogen (secondary N) is 1. The van der Waals surface area contributed by atoms with E-state index in [9.17, 15) is 18.3 Å². The number of rotatable bonds is 3. The van der Waals surface area contributed by atoms with Crippen LogP contribution in [0.5, 0.6) is 5.75 Å². The van der Waals surface area contributed by atoms with E-state index in [4.69, 9.17) is 0 Å². The Morgan fingerprint density at radius 3 is 2.77 bits per heavy atom. The van der Waals surface area contributed by atoms with Gasteiger partial charge in [-0.05, 0) is 42.7 Å². The van der Waals surface area contributed by atoms with Gasteiger partial charge in [0.05, 0.1) is 22.4 Å². The summed E-state index contributed by atoms with van der Waals surface area (Å²) in [6.45, 7) is 0.411. The van der Waals surface area contributed by atoms with E-state index in [0.29, 0.717) is 25.1 Å². The Morgan fingerprint density at radius 2 is 2.04 bits per heavy atom. The number of sulfonamides is 1. The lowest BCUT2D eigenvalue weighted by molar-refractivity contribution is -0.115. The molecule has 8 heteroatoms. The summed E-state index contributed by atoms with van der Waals surface area (Å²) in [5.41, 5.74) is 1.82. The Morgan fingerprint density at radius 1 is 1.23 bits per heavy atom. The smallest absolute Gasteiger partial charge is 0.238 e. The van der Waals surface area contributed by atoms with E-state index in [2.05, 4.69) is 5.32 Å². The molecule has 2 aromatic rings. The summed E-state index contributed by atoms with van der Waals surface area (Å²) >= 11 is 1.50. The Hall–Kier alpha value is -2.19. The molecule has 0 aliphatic carbocycles. The molecule has 4 rings (SSSR count). The SMILES string of the molecule is O=C(Nc1cc(N2CCCS2(=O)=O)ccc1O)C1Cc2ccccc2S1. The molecular weight excluding hydrogens is 372 g/mol. The van der Waals surface area contributed by atoms with E-state index in [-0.39, 0.29) is 28.3 Å². The molecule has 2 aliphatic heterocycles. The number of anilines is 2. The van der Waals surface area contributed by atoms with Crippen molar-refractivity contribution >= 4 is 39.1 Å². The number of benzene rings is 2. The molecule has 2 aliphatic rings. The van der Waals surface area contributed by atoms with E-state index in [0.717, 1.165) is 10.5 Å². The zero-order valence-corrected chi connectivity index (χ0v) is 15.5. The molecular formula is C18H18N2O4S2. The molecule has 0 aromatic heterocycles. The van der Waals surface area contributed by atoms with Crippen molar-refractivity contribution in [2.24, 2.45) is 0 Å². The van der Waals surface area contributed by atoms with Gasteiger partial charge in [-0.1, -0.05) is 18.2 Å². The lowest BCUT2D eigenvalue weighted by atomic mass is 10.1. The molecule has 136 valence electrons. The molecule has 2 aromatic carbocycles. The third kappa shape index (κ3) is 3.14. The van der Waals surface area contributed by atoms with Crippen LogP contribution in [0.4, 0.5) is 11.4 Å². The van der Waals surface area contributed by atoms with Crippen molar-refractivity contribution in [3.8, 4) is 5.75 Å². The fourth-order valence-corrected chi connectivity index (χ4v) is 6.00. The van der Waals surface area contributed by atoms with Crippen LogP contribution in [0.15, 0.2) is 47.4 Å². The van der Waals surface area contributed by atoms with Crippen molar-refractivity contribution in [2.75, 3.05) is 21.9 Å². The van der Waals surface area contributed by atoms with Crippen molar-refractivity contribution < 1.29 is 18.3 Å². The molecule has 1 atom stereocenters. The van der Waals surface area contributed by atoms with Crippen molar-refractivity contribution in [3.05, 3.63) is 48.0 Å². The fourth-order valence-electron chi connectivity index (χ4n) is 3.25. The maximum absolute atomic E-state index is 12.6. The molecule has 2 N–H and O–H groups in total. The number of carbonyl (C=O) groups excluding carboxylic acids is 1. The Balaban J connectivity index is 1.53. The van der Waals surface area contributed by atoms with Crippen LogP contribution in [0, 0.1) is 0 Å². The fraction of sp³-hybridized carbons (Fsp3) is 0.278. The predicted molar refractivity (Wildman–Crippen MR) is 102 cm³/mol. The molecule has 6 nitrogen and oxygen atoms in total. The predicted octanol–water partition coefficient (Wildman–Crippen LogP) is 2.59. The molecule has 2 heterocycles. The summed E-state index contributed by atoms with van der Waals surface area (Å²) in [5.74, 6) is -0.172. The molecule has 0 bridgehead atoms. The molecule has 1 unspecified atom stereocenters. The number of amides is 1. The lowest BCUT2D eigenvalue weighted by Crippen LogP contribution is -2.26. The van der Waals surface area contributed by atoms with Gasteiger partial charge in [-0.3, -0.25) is 9.10 Å². The van der Waals surface area contributed by atoms with Crippen molar-refractivity contribution in [2.45, 2.75) is 23.0 Å². The number of thioether (sulfide) groups is 1. The first kappa shape index (κ1) is 17.2. The second kappa shape index (κ2) is 6.51. The average molecular weight is 390 g/mol. The summed E-state index contributed by atoms with van der Waals surface area (Å²) < 4.78 is 25.5. The Bertz CT molecular complexity index is 950. The van der Waals surface area contributed by atoms with E-state index in [1.165, 1.54) is 28.2 Å². The number of fused-ring (bicyclic) bond motifs is 1. The van der Waals surface area contributed by atoms with Crippen LogP contribution >= 0.6 is 11.8 Å². The van der Waals surface area contributed by atoms with Gasteiger partial charge < -0.3 is 10.4 Å². The summed E-state index contributed by atoms with van der Waals surface area (Å²) in [6.07, 6.45) is 1.20. The molecule has 0 radical (unpaired) electrons. The summed E-state index contributed by atoms with van der Waals surface area (Å²) in [7, 11) is -3.32. The van der Waals surface area contributed by atoms with E-state index >= 15 is 0 Å². The minimum Gasteiger partial charge on any atom is -0.506 e. The summed E-state index contributed by atoms with van der Waals surface area (Å²) in [6, 6.07) is 12.4. The van der Waals surface area contributed by atoms with E-state index in [1.54, 1.807) is 6.07 Å². The minimum absolute atomic E-state index is 0.0841. The highest BCUT2D eigenvalue weighted by Crippen LogP contribution is 2.38. The highest BCUT2D eigenvalue weighted by molar-refractivity contribution is 8.01. The highest BCUT2D eigenvalue weighted by atomic mass is 32.2. The van der Waals surface area contributed by atoms with E-state index in [1.807, 2.05) is 24.3 Å². The Labute approximate surface area is 156 Å². The van der Waals surface area contributed by atoms with Crippen LogP contribution in [-0.4, -0.2) is 37.0 Å². The largest absolute Gasteiger partial charge is 0.506 e. The van der Waals surface area contributed by atoms with Crippen LogP contribution in [0.1, 0.15) is 12.0 Å². The maximum Gasteiger partial charge on any atom is 0.238 e. The van der Waals surface area contributed by atoms with Crippen molar-refractivity contribution in [1.82, 2.24) is 0 Å². The summed E-state index contributed by atoms with van der Waals surface area (Å²) in [4.78, 5) is 13.7. The quantitative estimate of drug-likeness (QED) is 0.787. The highest BCUT2D eigenvalue weighted by Gasteiger charge is 2.30. The van der Waals surface area contributed by atoms with Crippen LogP contribution in [0.2, 0.25) is 0 Å². The first-order valence-electron chi connectivity index (χ1n) is 8.33. The second-order valence-electron chi connectivity index (χ2n) is 6.35. The van der Waals surface area contributed by atoms with Gasteiger partial charge in [0.2, 0.25) is 15.9 Å². The standard InChI is InChI=1S/C18H18N2O4S2/c21-15-7-6-13(20-8-3-9-26(20,23)24)11-14(15)19-18(22)17-10-12-4-1-2-5-16(12)25-17/h1-2,4-7,11,17,21H,3,8-10H2,(H,19,22). The molecule has 1 saturated heterocycles. The van der Waals surface area contributed by atoms with Gasteiger partial charge in [0.25, 0.3) is 0 Å². The van der Waals surface area contributed by atoms with Gasteiger partial charge >= 0.3 is 0 Å². The van der Waals surface area contributed by atoms with Gasteiger partial charge in [-0.25, -0.2) is 8.42 Å². The number of hydrogen-bond donors (Lipinski definition) is 2. The molecule has 1 amide bonds. The van der Waals surface area contributed by atoms with Crippen molar-refractivity contribution in [1.29, 1.82) is 0 Å². The molecule has 0 spiro atoms. The van der Waals surface area contributed by atoms with Crippen LogP contribution in [0.3, 0.4) is 0 Å². The number of carbonyl (C=O) groups is 1. The first-order chi connectivity index (χ1) is 12.4. The normalized spacial score (nSPS) is 20.8. The number of hydrogen-bond acceptors (Lipinski definition) is 5. The van der Waals surface area contributed by atoms with Gasteiger partial charge in [0, 0.05) is 11.4 Å². The summed E-state index contributed by atoms with van der Waals surface area (Å²) in [5, 5.41) is 12.6. The maximum atomic E-state index is 12.6.